The van der Waals surface area contributed by atoms with E-state index in [0.29, 0.717) is 13.8 Å². The lowest BCUT2D eigenvalue weighted by atomic mass is 10.3. The van der Waals surface area contributed by atoms with E-state index in [9.17, 15) is 8.78 Å². The zero-order valence-corrected chi connectivity index (χ0v) is 10.1. The summed E-state index contributed by atoms with van der Waals surface area (Å²) < 4.78 is 26.8. The molecule has 0 unspecified atom stereocenters. The highest BCUT2D eigenvalue weighted by molar-refractivity contribution is 14.1. The highest BCUT2D eigenvalue weighted by Gasteiger charge is 2.30. The average molecular weight is 326 g/mol. The van der Waals surface area contributed by atoms with Gasteiger partial charge in [0.15, 0.2) is 0 Å². The van der Waals surface area contributed by atoms with Crippen molar-refractivity contribution in [2.24, 2.45) is 0 Å². The lowest BCUT2D eigenvalue weighted by molar-refractivity contribution is 0.0208. The lowest BCUT2D eigenvalue weighted by Crippen LogP contribution is -2.05. The Bertz CT molecular complexity index is 478. The lowest BCUT2D eigenvalue weighted by Gasteiger charge is -2.06. The van der Waals surface area contributed by atoms with Gasteiger partial charge < -0.3 is 0 Å². The fourth-order valence-electron chi connectivity index (χ4n) is 1.10. The van der Waals surface area contributed by atoms with Crippen molar-refractivity contribution >= 4 is 44.1 Å². The largest absolute Gasteiger partial charge is 0.280 e. The number of aromatic nitrogens is 2. The first kappa shape index (κ1) is 10.2. The Balaban J connectivity index is 2.75. The minimum absolute atomic E-state index is 0.0635. The van der Waals surface area contributed by atoms with Crippen LogP contribution in [0.4, 0.5) is 8.78 Å². The highest BCUT2D eigenvalue weighted by atomic mass is 127. The molecule has 0 aliphatic carbocycles. The van der Waals surface area contributed by atoms with Crippen LogP contribution in [0.25, 0.3) is 10.2 Å². The van der Waals surface area contributed by atoms with Crippen LogP contribution in [-0.4, -0.2) is 9.97 Å². The number of nitrogens with zero attached hydrogens (tertiary/aromatic N) is 2. The van der Waals surface area contributed by atoms with Gasteiger partial charge in [-0.05, 0) is 22.6 Å². The second-order valence-electron chi connectivity index (χ2n) is 2.88. The molecule has 6 heteroatoms. The topological polar surface area (TPSA) is 25.8 Å². The van der Waals surface area contributed by atoms with E-state index in [4.69, 9.17) is 0 Å². The average Bonchev–Trinajstić information content (AvgIpc) is 2.44. The van der Waals surface area contributed by atoms with E-state index in [1.165, 1.54) is 6.33 Å². The molecule has 2 aromatic rings. The molecule has 0 aliphatic heterocycles. The van der Waals surface area contributed by atoms with Crippen LogP contribution in [0.2, 0.25) is 0 Å². The van der Waals surface area contributed by atoms with E-state index in [-0.39, 0.29) is 4.88 Å². The summed E-state index contributed by atoms with van der Waals surface area (Å²) in [4.78, 5) is 8.44. The molecule has 0 bridgehead atoms. The molecular weight excluding hydrogens is 321 g/mol. The van der Waals surface area contributed by atoms with Crippen molar-refractivity contribution < 1.29 is 8.78 Å². The SMILES string of the molecule is CC(F)(F)c1sc2ncncc2c1I. The number of alkyl halides is 2. The van der Waals surface area contributed by atoms with Crippen LogP contribution in [0.1, 0.15) is 11.8 Å². The van der Waals surface area contributed by atoms with Crippen LogP contribution in [0.5, 0.6) is 0 Å². The predicted molar refractivity (Wildman–Crippen MR) is 59.7 cm³/mol. The van der Waals surface area contributed by atoms with Crippen LogP contribution in [0.3, 0.4) is 0 Å². The molecule has 0 radical (unpaired) electrons. The van der Waals surface area contributed by atoms with Crippen molar-refractivity contribution in [3.63, 3.8) is 0 Å². The highest BCUT2D eigenvalue weighted by Crippen LogP contribution is 2.40. The molecule has 0 saturated heterocycles. The van der Waals surface area contributed by atoms with Crippen molar-refractivity contribution in [1.82, 2.24) is 9.97 Å². The number of hydrogen-bond acceptors (Lipinski definition) is 3. The fourth-order valence-corrected chi connectivity index (χ4v) is 3.41. The van der Waals surface area contributed by atoms with Crippen molar-refractivity contribution in [3.05, 3.63) is 21.0 Å². The minimum atomic E-state index is -2.80. The third-order valence-corrected chi connectivity index (χ3v) is 4.48. The van der Waals surface area contributed by atoms with Gasteiger partial charge >= 0.3 is 0 Å². The zero-order valence-electron chi connectivity index (χ0n) is 7.09. The van der Waals surface area contributed by atoms with Gasteiger partial charge in [0.1, 0.15) is 11.2 Å². The van der Waals surface area contributed by atoms with E-state index in [0.717, 1.165) is 18.3 Å². The Hall–Kier alpha value is -0.370. The summed E-state index contributed by atoms with van der Waals surface area (Å²) in [6.45, 7) is 0.896. The van der Waals surface area contributed by atoms with Gasteiger partial charge in [0.05, 0.1) is 4.88 Å². The first-order valence-electron chi connectivity index (χ1n) is 3.76. The molecule has 0 aromatic carbocycles. The quantitative estimate of drug-likeness (QED) is 0.751. The zero-order chi connectivity index (χ0) is 10.3. The molecule has 2 rings (SSSR count). The summed E-state index contributed by atoms with van der Waals surface area (Å²) in [6.07, 6.45) is 2.93. The van der Waals surface area contributed by atoms with Crippen molar-refractivity contribution in [3.8, 4) is 0 Å². The van der Waals surface area contributed by atoms with Gasteiger partial charge in [0, 0.05) is 22.1 Å². The van der Waals surface area contributed by atoms with Gasteiger partial charge in [-0.2, -0.15) is 0 Å². The monoisotopic (exact) mass is 326 g/mol. The number of fused-ring (bicyclic) bond motifs is 1. The molecule has 0 fully saturated rings. The molecule has 0 saturated carbocycles. The standard InChI is InChI=1S/C8H5F2IN2S/c1-8(9,10)6-5(11)4-2-12-3-13-7(4)14-6/h2-3H,1H3. The minimum Gasteiger partial charge on any atom is -0.244 e. The van der Waals surface area contributed by atoms with Crippen LogP contribution >= 0.6 is 33.9 Å². The summed E-state index contributed by atoms with van der Waals surface area (Å²) in [5.41, 5.74) is 0. The second-order valence-corrected chi connectivity index (χ2v) is 4.95. The number of rotatable bonds is 1. The number of halogens is 3. The normalized spacial score (nSPS) is 12.3. The summed E-state index contributed by atoms with van der Waals surface area (Å²) in [5.74, 6) is -2.80. The predicted octanol–water partition coefficient (Wildman–Crippen LogP) is 3.41. The third kappa shape index (κ3) is 1.60. The fraction of sp³-hybridized carbons (Fsp3) is 0.250. The molecule has 0 aliphatic rings. The molecule has 2 aromatic heterocycles. The Morgan fingerprint density at radius 2 is 2.21 bits per heavy atom. The Morgan fingerprint density at radius 3 is 2.79 bits per heavy atom. The van der Waals surface area contributed by atoms with Crippen molar-refractivity contribution in [1.29, 1.82) is 0 Å². The molecular formula is C8H5F2IN2S. The molecule has 74 valence electrons. The number of thiophene rings is 1. The molecule has 2 heterocycles. The van der Waals surface area contributed by atoms with Gasteiger partial charge in [-0.25, -0.2) is 18.7 Å². The van der Waals surface area contributed by atoms with Gasteiger partial charge in [0.2, 0.25) is 0 Å². The van der Waals surface area contributed by atoms with E-state index >= 15 is 0 Å². The summed E-state index contributed by atoms with van der Waals surface area (Å²) in [7, 11) is 0. The van der Waals surface area contributed by atoms with Crippen LogP contribution in [-0.2, 0) is 5.92 Å². The molecule has 14 heavy (non-hydrogen) atoms. The van der Waals surface area contributed by atoms with Gasteiger partial charge in [0.25, 0.3) is 5.92 Å². The Morgan fingerprint density at radius 1 is 1.50 bits per heavy atom. The van der Waals surface area contributed by atoms with E-state index < -0.39 is 5.92 Å². The maximum atomic E-state index is 13.1. The van der Waals surface area contributed by atoms with Crippen LogP contribution < -0.4 is 0 Å². The summed E-state index contributed by atoms with van der Waals surface area (Å²) in [6, 6.07) is 0. The van der Waals surface area contributed by atoms with Crippen LogP contribution in [0.15, 0.2) is 12.5 Å². The first-order chi connectivity index (χ1) is 6.50. The number of hydrogen-bond donors (Lipinski definition) is 0. The van der Waals surface area contributed by atoms with Crippen LogP contribution in [0, 0.1) is 3.57 Å². The van der Waals surface area contributed by atoms with Crippen molar-refractivity contribution in [2.45, 2.75) is 12.8 Å². The molecule has 0 atom stereocenters. The molecule has 0 N–H and O–H groups in total. The van der Waals surface area contributed by atoms with Gasteiger partial charge in [-0.3, -0.25) is 0 Å². The Labute approximate surface area is 96.5 Å². The molecule has 0 spiro atoms. The summed E-state index contributed by atoms with van der Waals surface area (Å²) in [5, 5.41) is 0.703. The first-order valence-corrected chi connectivity index (χ1v) is 5.66. The molecule has 2 nitrogen and oxygen atoms in total. The molecule has 0 amide bonds. The smallest absolute Gasteiger partial charge is 0.244 e. The van der Waals surface area contributed by atoms with E-state index in [2.05, 4.69) is 9.97 Å². The van der Waals surface area contributed by atoms with Crippen molar-refractivity contribution in [2.75, 3.05) is 0 Å². The third-order valence-electron chi connectivity index (χ3n) is 1.71. The Kier molecular flexibility index (Phi) is 2.42. The second kappa shape index (κ2) is 3.34. The van der Waals surface area contributed by atoms with E-state index in [1.807, 2.05) is 22.6 Å². The summed E-state index contributed by atoms with van der Waals surface area (Å²) >= 11 is 2.93. The maximum absolute atomic E-state index is 13.1. The van der Waals surface area contributed by atoms with Gasteiger partial charge in [-0.15, -0.1) is 11.3 Å². The van der Waals surface area contributed by atoms with E-state index in [1.54, 1.807) is 6.20 Å². The maximum Gasteiger partial charge on any atom is 0.280 e. The van der Waals surface area contributed by atoms with Gasteiger partial charge in [-0.1, -0.05) is 0 Å².